The average molecular weight is 559 g/mol. The van der Waals surface area contributed by atoms with Crippen LogP contribution in [0.25, 0.3) is 11.6 Å². The van der Waals surface area contributed by atoms with E-state index in [1.807, 2.05) is 18.2 Å². The van der Waals surface area contributed by atoms with Crippen LogP contribution in [0.1, 0.15) is 56.5 Å². The fraction of sp³-hybridized carbons (Fsp3) is 0.346. The third kappa shape index (κ3) is 4.27. The van der Waals surface area contributed by atoms with E-state index in [9.17, 15) is 18.1 Å². The van der Waals surface area contributed by atoms with Crippen molar-refractivity contribution in [1.29, 1.82) is 0 Å². The monoisotopic (exact) mass is 558 g/mol. The molecule has 2 aliphatic heterocycles. The van der Waals surface area contributed by atoms with Crippen molar-refractivity contribution < 1.29 is 27.6 Å². The summed E-state index contributed by atoms with van der Waals surface area (Å²) >= 11 is 1.36. The second-order valence-electron chi connectivity index (χ2n) is 10.00. The summed E-state index contributed by atoms with van der Waals surface area (Å²) in [5, 5.41) is 0.441. The van der Waals surface area contributed by atoms with E-state index >= 15 is 0 Å². The number of hydrogen-bond donors (Lipinski definition) is 0. The molecule has 3 aromatic rings. The molecule has 0 radical (unpaired) electrons. The molecular weight excluding hydrogens is 533 g/mol. The Morgan fingerprint density at radius 1 is 1.26 bits per heavy atom. The van der Waals surface area contributed by atoms with Crippen LogP contribution in [0, 0.1) is 0 Å². The number of allylic oxidation sites excluding steroid dienone is 3. The van der Waals surface area contributed by atoms with E-state index in [0.717, 1.165) is 27.7 Å². The highest BCUT2D eigenvalue weighted by Crippen LogP contribution is 2.50. The number of aromatic nitrogens is 3. The van der Waals surface area contributed by atoms with Gasteiger partial charge in [0.1, 0.15) is 25.1 Å². The molecule has 38 heavy (non-hydrogen) atoms. The molecule has 4 heterocycles. The van der Waals surface area contributed by atoms with E-state index in [-0.39, 0.29) is 24.0 Å². The lowest BCUT2D eigenvalue weighted by molar-refractivity contribution is -0.0507. The van der Waals surface area contributed by atoms with Gasteiger partial charge in [-0.2, -0.15) is 8.78 Å². The number of ether oxygens (including phenoxy) is 2. The maximum Gasteiger partial charge on any atom is 0.387 e. The van der Waals surface area contributed by atoms with E-state index in [0.29, 0.717) is 29.2 Å². The van der Waals surface area contributed by atoms with Gasteiger partial charge in [0, 0.05) is 37.2 Å². The molecule has 0 spiro atoms. The Bertz CT molecular complexity index is 1560. The number of carbonyl (C=O) groups is 1. The number of halogens is 2. The molecule has 2 aromatic heterocycles. The second kappa shape index (κ2) is 9.17. The van der Waals surface area contributed by atoms with E-state index in [2.05, 4.69) is 9.55 Å². The van der Waals surface area contributed by atoms with Crippen LogP contribution in [0.3, 0.4) is 0 Å². The van der Waals surface area contributed by atoms with Gasteiger partial charge in [0.25, 0.3) is 11.1 Å². The number of fused-ring (bicyclic) bond motifs is 9. The number of amides is 1. The summed E-state index contributed by atoms with van der Waals surface area (Å²) in [6.45, 7) is 0.320. The lowest BCUT2D eigenvalue weighted by atomic mass is 9.97. The smallest absolute Gasteiger partial charge is 0.387 e. The molecule has 1 aliphatic carbocycles. The van der Waals surface area contributed by atoms with Gasteiger partial charge in [0.15, 0.2) is 0 Å². The number of rotatable bonds is 6. The van der Waals surface area contributed by atoms with Gasteiger partial charge in [-0.05, 0) is 37.1 Å². The lowest BCUT2D eigenvalue weighted by Crippen LogP contribution is -2.30. The SMILES string of the molecule is CN1C(=O)c2cccc(OC(F)F)c2C2CC1c1nc3c(n12)C=C(c1cnc(OCP(C)(C)=O)s1)C=CC3. The zero-order valence-electron chi connectivity index (χ0n) is 20.9. The number of carbonyl (C=O) groups excluding carboxylic acids is 1. The van der Waals surface area contributed by atoms with Crippen LogP contribution >= 0.6 is 18.5 Å². The normalized spacial score (nSPS) is 20.0. The number of imidazole rings is 1. The van der Waals surface area contributed by atoms with E-state index in [4.69, 9.17) is 14.5 Å². The van der Waals surface area contributed by atoms with Gasteiger partial charge >= 0.3 is 6.61 Å². The summed E-state index contributed by atoms with van der Waals surface area (Å²) < 4.78 is 51.3. The molecule has 0 fully saturated rings. The predicted molar refractivity (Wildman–Crippen MR) is 141 cm³/mol. The third-order valence-corrected chi connectivity index (χ3v) is 8.62. The molecule has 0 N–H and O–H groups in total. The van der Waals surface area contributed by atoms with Gasteiger partial charge in [-0.25, -0.2) is 9.97 Å². The average Bonchev–Trinajstić information content (AvgIpc) is 3.50. The molecular formula is C26H25F2N4O4PS. The first kappa shape index (κ1) is 25.0. The van der Waals surface area contributed by atoms with Crippen LogP contribution < -0.4 is 9.47 Å². The van der Waals surface area contributed by atoms with Crippen LogP contribution in [0.2, 0.25) is 0 Å². The zero-order valence-corrected chi connectivity index (χ0v) is 22.6. The summed E-state index contributed by atoms with van der Waals surface area (Å²) in [6.07, 6.45) is 8.96. The molecule has 198 valence electrons. The first-order chi connectivity index (χ1) is 18.1. The van der Waals surface area contributed by atoms with E-state index < -0.39 is 19.8 Å². The van der Waals surface area contributed by atoms with Gasteiger partial charge < -0.3 is 23.5 Å². The molecule has 6 rings (SSSR count). The minimum absolute atomic E-state index is 0.00420. The fourth-order valence-electron chi connectivity index (χ4n) is 5.30. The van der Waals surface area contributed by atoms with Crippen LogP contribution in [0.5, 0.6) is 10.9 Å². The first-order valence-corrected chi connectivity index (χ1v) is 15.7. The highest BCUT2D eigenvalue weighted by atomic mass is 32.1. The van der Waals surface area contributed by atoms with Gasteiger partial charge in [-0.1, -0.05) is 29.6 Å². The zero-order chi connectivity index (χ0) is 26.8. The summed E-state index contributed by atoms with van der Waals surface area (Å²) in [5.74, 6) is 0.493. The molecule has 2 bridgehead atoms. The van der Waals surface area contributed by atoms with Crippen LogP contribution in [-0.2, 0) is 11.0 Å². The molecule has 1 aromatic carbocycles. The maximum absolute atomic E-state index is 13.3. The Labute approximate surface area is 222 Å². The van der Waals surface area contributed by atoms with Crippen molar-refractivity contribution in [2.24, 2.45) is 0 Å². The second-order valence-corrected chi connectivity index (χ2v) is 14.4. The standard InChI is InChI=1S/C26H25F2N4O4PS/c1-31-19-11-18(22-15(24(31)33)7-5-9-20(22)36-25(27)28)32-17-10-14(6-4-8-16(17)30-23(19)32)21-12-29-26(38-21)35-13-37(2,3)34/h4-7,9-10,12,18-19,25H,8,11,13H2,1-3H3. The van der Waals surface area contributed by atoms with E-state index in [1.54, 1.807) is 43.6 Å². The minimum Gasteiger partial charge on any atom is -0.462 e. The highest BCUT2D eigenvalue weighted by molar-refractivity contribution is 7.62. The Balaban J connectivity index is 1.45. The van der Waals surface area contributed by atoms with Gasteiger partial charge in [-0.3, -0.25) is 4.79 Å². The maximum atomic E-state index is 13.3. The largest absolute Gasteiger partial charge is 0.462 e. The number of alkyl halides is 2. The lowest BCUT2D eigenvalue weighted by Gasteiger charge is -2.25. The van der Waals surface area contributed by atoms with Gasteiger partial charge in [0.05, 0.1) is 28.3 Å². The molecule has 1 amide bonds. The molecule has 2 unspecified atom stereocenters. The highest BCUT2D eigenvalue weighted by Gasteiger charge is 2.45. The van der Waals surface area contributed by atoms with Crippen LogP contribution in [-0.4, -0.2) is 58.7 Å². The van der Waals surface area contributed by atoms with Crippen LogP contribution in [0.15, 0.2) is 36.5 Å². The van der Waals surface area contributed by atoms with Crippen molar-refractivity contribution in [3.8, 4) is 10.9 Å². The number of thiazole rings is 1. The molecule has 2 atom stereocenters. The van der Waals surface area contributed by atoms with Crippen LogP contribution in [0.4, 0.5) is 8.78 Å². The summed E-state index contributed by atoms with van der Waals surface area (Å²) in [7, 11) is -0.627. The van der Waals surface area contributed by atoms with Crippen molar-refractivity contribution in [3.05, 3.63) is 69.8 Å². The Morgan fingerprint density at radius 3 is 2.84 bits per heavy atom. The van der Waals surface area contributed by atoms with Crippen molar-refractivity contribution in [2.45, 2.75) is 31.5 Å². The predicted octanol–water partition coefficient (Wildman–Crippen LogP) is 5.67. The quantitative estimate of drug-likeness (QED) is 0.363. The number of hydrogen-bond acceptors (Lipinski definition) is 7. The number of benzene rings is 1. The van der Waals surface area contributed by atoms with Gasteiger partial charge in [0.2, 0.25) is 0 Å². The minimum atomic E-state index is -3.01. The van der Waals surface area contributed by atoms with Crippen molar-refractivity contribution in [1.82, 2.24) is 19.4 Å². The Morgan fingerprint density at radius 2 is 2.08 bits per heavy atom. The van der Waals surface area contributed by atoms with E-state index in [1.165, 1.54) is 17.4 Å². The molecule has 0 saturated heterocycles. The molecule has 12 heteroatoms. The molecule has 3 aliphatic rings. The topological polar surface area (TPSA) is 86.6 Å². The summed E-state index contributed by atoms with van der Waals surface area (Å²) in [5.41, 5.74) is 3.41. The molecule has 0 saturated carbocycles. The Kier molecular flexibility index (Phi) is 6.03. The van der Waals surface area contributed by atoms with Crippen molar-refractivity contribution in [2.75, 3.05) is 26.7 Å². The number of nitrogens with zero attached hydrogens (tertiary/aromatic N) is 4. The van der Waals surface area contributed by atoms with Crippen molar-refractivity contribution in [3.63, 3.8) is 0 Å². The fourth-order valence-corrected chi connectivity index (χ4v) is 6.58. The van der Waals surface area contributed by atoms with Gasteiger partial charge in [-0.15, -0.1) is 0 Å². The van der Waals surface area contributed by atoms with Crippen molar-refractivity contribution >= 4 is 36.0 Å². The third-order valence-electron chi connectivity index (χ3n) is 6.91. The Hall–Kier alpha value is -3.30. The summed E-state index contributed by atoms with van der Waals surface area (Å²) in [4.78, 5) is 25.1. The first-order valence-electron chi connectivity index (χ1n) is 12.1. The molecule has 8 nitrogen and oxygen atoms in total. The summed E-state index contributed by atoms with van der Waals surface area (Å²) in [6, 6.07) is 4.02.